The molecule has 1 amide bonds. The zero-order valence-corrected chi connectivity index (χ0v) is 13.3. The zero-order valence-electron chi connectivity index (χ0n) is 10.1. The van der Waals surface area contributed by atoms with Gasteiger partial charge in [-0.1, -0.05) is 6.07 Å². The Morgan fingerprint density at radius 1 is 1.53 bits per heavy atom. The van der Waals surface area contributed by atoms with Gasteiger partial charge in [0.1, 0.15) is 10.4 Å². The highest BCUT2D eigenvalue weighted by atomic mass is 79.9. The van der Waals surface area contributed by atoms with Gasteiger partial charge in [0.2, 0.25) is 15.0 Å². The van der Waals surface area contributed by atoms with Crippen LogP contribution in [0.25, 0.3) is 0 Å². The molecule has 0 spiro atoms. The summed E-state index contributed by atoms with van der Waals surface area (Å²) < 4.78 is 22.8. The van der Waals surface area contributed by atoms with Crippen LogP contribution < -0.4 is 4.90 Å². The van der Waals surface area contributed by atoms with Gasteiger partial charge in [0.15, 0.2) is 0 Å². The maximum Gasteiger partial charge on any atom is 0.232 e. The molecule has 1 unspecified atom stereocenters. The van der Waals surface area contributed by atoms with Crippen LogP contribution in [0.4, 0.5) is 5.82 Å². The Bertz CT molecular complexity index is 620. The minimum absolute atomic E-state index is 0.126. The average Bonchev–Trinajstić information content (AvgIpc) is 2.60. The van der Waals surface area contributed by atoms with Gasteiger partial charge in [0.25, 0.3) is 0 Å². The first-order valence-electron chi connectivity index (χ1n) is 5.62. The first-order valence-corrected chi connectivity index (χ1v) is 8.89. The van der Waals surface area contributed by atoms with Crippen molar-refractivity contribution in [2.75, 3.05) is 17.2 Å². The highest BCUT2D eigenvalue weighted by Crippen LogP contribution is 2.28. The fourth-order valence-electron chi connectivity index (χ4n) is 2.15. The van der Waals surface area contributed by atoms with Crippen molar-refractivity contribution < 1.29 is 13.2 Å². The number of rotatable bonds is 3. The van der Waals surface area contributed by atoms with E-state index in [1.807, 2.05) is 13.0 Å². The van der Waals surface area contributed by atoms with Crippen LogP contribution in [0, 0.1) is 12.8 Å². The number of aromatic nitrogens is 1. The van der Waals surface area contributed by atoms with Crippen molar-refractivity contribution in [3.05, 3.63) is 22.3 Å². The van der Waals surface area contributed by atoms with Crippen molar-refractivity contribution in [3.63, 3.8) is 0 Å². The van der Waals surface area contributed by atoms with Crippen LogP contribution in [0.1, 0.15) is 12.0 Å². The summed E-state index contributed by atoms with van der Waals surface area (Å²) in [6, 6.07) is 3.64. The van der Waals surface area contributed by atoms with Crippen LogP contribution in [-0.2, 0) is 13.8 Å². The molecule has 1 aromatic heterocycles. The van der Waals surface area contributed by atoms with Crippen molar-refractivity contribution in [1.29, 1.82) is 0 Å². The standard InChI is InChI=1S/C11H12BrClN2O3S/c1-7-2-3-9(12)14-11(7)15-5-8(4-10(15)16)6-19(13,17)18/h2-3,8H,4-6H2,1H3. The molecular weight excluding hydrogens is 356 g/mol. The highest BCUT2D eigenvalue weighted by Gasteiger charge is 2.34. The van der Waals surface area contributed by atoms with Crippen LogP contribution in [0.5, 0.6) is 0 Å². The number of hydrogen-bond donors (Lipinski definition) is 0. The number of pyridine rings is 1. The third kappa shape index (κ3) is 3.67. The van der Waals surface area contributed by atoms with Gasteiger partial charge in [0, 0.05) is 29.6 Å². The first kappa shape index (κ1) is 14.7. The largest absolute Gasteiger partial charge is 0.296 e. The van der Waals surface area contributed by atoms with Crippen LogP contribution in [-0.4, -0.2) is 31.6 Å². The predicted molar refractivity (Wildman–Crippen MR) is 76.8 cm³/mol. The van der Waals surface area contributed by atoms with E-state index in [0.29, 0.717) is 17.0 Å². The van der Waals surface area contributed by atoms with Gasteiger partial charge in [-0.05, 0) is 34.5 Å². The minimum Gasteiger partial charge on any atom is -0.296 e. The van der Waals surface area contributed by atoms with E-state index in [4.69, 9.17) is 10.7 Å². The maximum atomic E-state index is 12.0. The lowest BCUT2D eigenvalue weighted by atomic mass is 10.1. The topological polar surface area (TPSA) is 67.3 Å². The Balaban J connectivity index is 2.23. The fraction of sp³-hybridized carbons (Fsp3) is 0.455. The summed E-state index contributed by atoms with van der Waals surface area (Å²) in [4.78, 5) is 17.8. The summed E-state index contributed by atoms with van der Waals surface area (Å²) in [5.74, 6) is -0.0350. The van der Waals surface area contributed by atoms with Gasteiger partial charge >= 0.3 is 0 Å². The number of carbonyl (C=O) groups excluding carboxylic acids is 1. The average molecular weight is 368 g/mol. The number of aryl methyl sites for hydroxylation is 1. The lowest BCUT2D eigenvalue weighted by Gasteiger charge is -2.17. The molecule has 1 aliphatic rings. The molecule has 0 aromatic carbocycles. The molecule has 8 heteroatoms. The Labute approximate surface area is 124 Å². The number of amides is 1. The van der Waals surface area contributed by atoms with Crippen molar-refractivity contribution in [2.45, 2.75) is 13.3 Å². The van der Waals surface area contributed by atoms with Gasteiger partial charge in [-0.25, -0.2) is 13.4 Å². The van der Waals surface area contributed by atoms with E-state index in [0.717, 1.165) is 5.56 Å². The van der Waals surface area contributed by atoms with E-state index < -0.39 is 9.05 Å². The third-order valence-corrected chi connectivity index (χ3v) is 4.62. The molecule has 1 fully saturated rings. The van der Waals surface area contributed by atoms with Crippen molar-refractivity contribution in [3.8, 4) is 0 Å². The molecule has 2 heterocycles. The summed E-state index contributed by atoms with van der Waals surface area (Å²) >= 11 is 3.26. The van der Waals surface area contributed by atoms with Crippen molar-refractivity contribution in [1.82, 2.24) is 4.98 Å². The zero-order chi connectivity index (χ0) is 14.2. The Morgan fingerprint density at radius 2 is 2.21 bits per heavy atom. The number of halogens is 2. The molecule has 0 N–H and O–H groups in total. The summed E-state index contributed by atoms with van der Waals surface area (Å²) in [6.45, 7) is 2.18. The summed E-state index contributed by atoms with van der Waals surface area (Å²) in [5.41, 5.74) is 0.867. The number of hydrogen-bond acceptors (Lipinski definition) is 4. The molecule has 1 aliphatic heterocycles. The SMILES string of the molecule is Cc1ccc(Br)nc1N1CC(CS(=O)(=O)Cl)CC1=O. The van der Waals surface area contributed by atoms with Crippen LogP contribution in [0.2, 0.25) is 0 Å². The molecule has 19 heavy (non-hydrogen) atoms. The molecule has 0 saturated carbocycles. The highest BCUT2D eigenvalue weighted by molar-refractivity contribution is 9.10. The molecule has 0 radical (unpaired) electrons. The first-order chi connectivity index (χ1) is 8.76. The Hall–Kier alpha value is -0.660. The third-order valence-electron chi connectivity index (χ3n) is 2.93. The second-order valence-corrected chi connectivity index (χ2v) is 8.19. The Kier molecular flexibility index (Phi) is 4.17. The van der Waals surface area contributed by atoms with E-state index in [-0.39, 0.29) is 24.0 Å². The second kappa shape index (κ2) is 5.38. The van der Waals surface area contributed by atoms with E-state index in [2.05, 4.69) is 20.9 Å². The van der Waals surface area contributed by atoms with Crippen LogP contribution in [0.3, 0.4) is 0 Å². The summed E-state index contributed by atoms with van der Waals surface area (Å²) in [7, 11) is 1.64. The number of anilines is 1. The lowest BCUT2D eigenvalue weighted by Crippen LogP contribution is -2.27. The summed E-state index contributed by atoms with van der Waals surface area (Å²) in [5, 5.41) is 0. The van der Waals surface area contributed by atoms with Crippen molar-refractivity contribution in [2.24, 2.45) is 5.92 Å². The Morgan fingerprint density at radius 3 is 2.84 bits per heavy atom. The maximum absolute atomic E-state index is 12.0. The van der Waals surface area contributed by atoms with Crippen LogP contribution >= 0.6 is 26.6 Å². The molecule has 1 aromatic rings. The van der Waals surface area contributed by atoms with Crippen LogP contribution in [0.15, 0.2) is 16.7 Å². The van der Waals surface area contributed by atoms with E-state index in [9.17, 15) is 13.2 Å². The quantitative estimate of drug-likeness (QED) is 0.606. The normalized spacial score (nSPS) is 20.1. The van der Waals surface area contributed by atoms with E-state index in [1.165, 1.54) is 4.90 Å². The number of carbonyl (C=O) groups is 1. The molecule has 0 bridgehead atoms. The van der Waals surface area contributed by atoms with E-state index in [1.54, 1.807) is 6.07 Å². The summed E-state index contributed by atoms with van der Waals surface area (Å²) in [6.07, 6.45) is 0.180. The molecular formula is C11H12BrClN2O3S. The van der Waals surface area contributed by atoms with Gasteiger partial charge in [-0.3, -0.25) is 9.69 Å². The monoisotopic (exact) mass is 366 g/mol. The molecule has 0 aliphatic carbocycles. The smallest absolute Gasteiger partial charge is 0.232 e. The predicted octanol–water partition coefficient (Wildman–Crippen LogP) is 2.07. The molecule has 104 valence electrons. The lowest BCUT2D eigenvalue weighted by molar-refractivity contribution is -0.117. The fourth-order valence-corrected chi connectivity index (χ4v) is 3.77. The second-order valence-electron chi connectivity index (χ2n) is 4.55. The van der Waals surface area contributed by atoms with Gasteiger partial charge < -0.3 is 0 Å². The number of nitrogens with zero attached hydrogens (tertiary/aromatic N) is 2. The molecule has 1 saturated heterocycles. The van der Waals surface area contributed by atoms with Gasteiger partial charge in [-0.2, -0.15) is 0 Å². The molecule has 1 atom stereocenters. The van der Waals surface area contributed by atoms with Crippen molar-refractivity contribution >= 4 is 47.4 Å². The minimum atomic E-state index is -3.59. The van der Waals surface area contributed by atoms with Gasteiger partial charge in [-0.15, -0.1) is 0 Å². The van der Waals surface area contributed by atoms with Gasteiger partial charge in [0.05, 0.1) is 5.75 Å². The van der Waals surface area contributed by atoms with E-state index >= 15 is 0 Å². The molecule has 5 nitrogen and oxygen atoms in total. The molecule has 2 rings (SSSR count).